The molecule has 4 rings (SSSR count). The summed E-state index contributed by atoms with van der Waals surface area (Å²) in [5.41, 5.74) is 0.459. The normalized spacial score (nSPS) is 20.4. The molecule has 7 heteroatoms. The molecule has 0 spiro atoms. The molecule has 0 saturated heterocycles. The fourth-order valence-corrected chi connectivity index (χ4v) is 6.01. The molecule has 2 atom stereocenters. The second kappa shape index (κ2) is 10.8. The summed E-state index contributed by atoms with van der Waals surface area (Å²) in [4.78, 5) is 0. The van der Waals surface area contributed by atoms with Crippen LogP contribution in [0.2, 0.25) is 0 Å². The summed E-state index contributed by atoms with van der Waals surface area (Å²) >= 11 is 0. The molecule has 0 N–H and O–H groups in total. The van der Waals surface area contributed by atoms with E-state index in [9.17, 15) is 26.3 Å². The molecular formula is C28H32F6O. The van der Waals surface area contributed by atoms with Gasteiger partial charge in [-0.15, -0.1) is 0 Å². The lowest BCUT2D eigenvalue weighted by Gasteiger charge is -2.32. The van der Waals surface area contributed by atoms with Gasteiger partial charge in [0.15, 0.2) is 0 Å². The number of benzene rings is 2. The minimum atomic E-state index is -4.31. The molecule has 2 fully saturated rings. The quantitative estimate of drug-likeness (QED) is 0.360. The van der Waals surface area contributed by atoms with Gasteiger partial charge in [-0.2, -0.15) is 26.3 Å². The minimum Gasteiger partial charge on any atom is -0.457 e. The van der Waals surface area contributed by atoms with Crippen LogP contribution < -0.4 is 4.74 Å². The Hall–Kier alpha value is -2.18. The Labute approximate surface area is 202 Å². The van der Waals surface area contributed by atoms with Crippen LogP contribution in [-0.4, -0.2) is 12.4 Å². The summed E-state index contributed by atoms with van der Waals surface area (Å²) in [6, 6.07) is 11.9. The van der Waals surface area contributed by atoms with E-state index in [2.05, 4.69) is 0 Å². The van der Waals surface area contributed by atoms with E-state index in [0.29, 0.717) is 37.2 Å². The average Bonchev–Trinajstić information content (AvgIpc) is 2.81. The monoisotopic (exact) mass is 498 g/mol. The maximum absolute atomic E-state index is 13.8. The van der Waals surface area contributed by atoms with Crippen molar-refractivity contribution in [1.82, 2.24) is 0 Å². The maximum atomic E-state index is 13.8. The zero-order chi connectivity index (χ0) is 25.1. The molecule has 0 bridgehead atoms. The first-order valence-electron chi connectivity index (χ1n) is 12.6. The molecule has 0 amide bonds. The standard InChI is InChI=1S/C28H32F6O/c29-27(30,31)25(19-7-3-1-4-8-19)21-11-15-23(16-12-21)35-24-17-13-22(14-18-24)26(28(32,33)34)20-9-5-2-6-10-20/h11-20,25-26H,1-10H2. The average molecular weight is 499 g/mol. The van der Waals surface area contributed by atoms with E-state index in [0.717, 1.165) is 38.5 Å². The van der Waals surface area contributed by atoms with Crippen LogP contribution in [0, 0.1) is 11.8 Å². The second-order valence-electron chi connectivity index (χ2n) is 10.1. The van der Waals surface area contributed by atoms with E-state index in [1.54, 1.807) is 0 Å². The van der Waals surface area contributed by atoms with Gasteiger partial charge in [0.2, 0.25) is 0 Å². The van der Waals surface area contributed by atoms with Crippen molar-refractivity contribution in [3.63, 3.8) is 0 Å². The molecular weight excluding hydrogens is 466 g/mol. The van der Waals surface area contributed by atoms with E-state index in [1.165, 1.54) is 48.5 Å². The van der Waals surface area contributed by atoms with Crippen LogP contribution >= 0.6 is 0 Å². The third kappa shape index (κ3) is 6.53. The van der Waals surface area contributed by atoms with Crippen LogP contribution in [0.3, 0.4) is 0 Å². The highest BCUT2D eigenvalue weighted by atomic mass is 19.4. The van der Waals surface area contributed by atoms with Crippen LogP contribution in [0.5, 0.6) is 11.5 Å². The molecule has 0 radical (unpaired) electrons. The highest BCUT2D eigenvalue weighted by Crippen LogP contribution is 2.47. The molecule has 0 aromatic heterocycles. The molecule has 0 aliphatic heterocycles. The van der Waals surface area contributed by atoms with Crippen LogP contribution in [0.1, 0.15) is 87.2 Å². The molecule has 2 unspecified atom stereocenters. The predicted octanol–water partition coefficient (Wildman–Crippen LogP) is 9.93. The van der Waals surface area contributed by atoms with Gasteiger partial charge >= 0.3 is 12.4 Å². The van der Waals surface area contributed by atoms with Crippen molar-refractivity contribution in [2.75, 3.05) is 0 Å². The van der Waals surface area contributed by atoms with Gasteiger partial charge in [0.25, 0.3) is 0 Å². The van der Waals surface area contributed by atoms with Crippen molar-refractivity contribution in [2.45, 2.75) is 88.4 Å². The molecule has 35 heavy (non-hydrogen) atoms. The molecule has 2 aromatic rings. The third-order valence-electron chi connectivity index (χ3n) is 7.66. The molecule has 2 aliphatic carbocycles. The Kier molecular flexibility index (Phi) is 8.02. The number of halogens is 6. The van der Waals surface area contributed by atoms with Gasteiger partial charge < -0.3 is 4.74 Å². The predicted molar refractivity (Wildman–Crippen MR) is 124 cm³/mol. The zero-order valence-electron chi connectivity index (χ0n) is 19.7. The van der Waals surface area contributed by atoms with Gasteiger partial charge in [0.1, 0.15) is 11.5 Å². The summed E-state index contributed by atoms with van der Waals surface area (Å²) in [6.07, 6.45) is -1.05. The Morgan fingerprint density at radius 1 is 0.514 bits per heavy atom. The van der Waals surface area contributed by atoms with Crippen molar-refractivity contribution < 1.29 is 31.1 Å². The number of ether oxygens (including phenoxy) is 1. The third-order valence-corrected chi connectivity index (χ3v) is 7.66. The highest BCUT2D eigenvalue weighted by molar-refractivity contribution is 5.37. The lowest BCUT2D eigenvalue weighted by Crippen LogP contribution is -2.29. The molecule has 2 aliphatic rings. The SMILES string of the molecule is FC(F)(F)C(c1ccc(Oc2ccc(C(C3CCCCC3)C(F)(F)F)cc2)cc1)C1CCCCC1. The fourth-order valence-electron chi connectivity index (χ4n) is 6.01. The van der Waals surface area contributed by atoms with Gasteiger partial charge in [-0.05, 0) is 72.9 Å². The first-order valence-corrected chi connectivity index (χ1v) is 12.6. The van der Waals surface area contributed by atoms with Crippen LogP contribution in [0.25, 0.3) is 0 Å². The molecule has 2 saturated carbocycles. The Morgan fingerprint density at radius 3 is 1.11 bits per heavy atom. The molecule has 192 valence electrons. The van der Waals surface area contributed by atoms with E-state index in [1.807, 2.05) is 0 Å². The minimum absolute atomic E-state index is 0.229. The van der Waals surface area contributed by atoms with Gasteiger partial charge in [-0.25, -0.2) is 0 Å². The topological polar surface area (TPSA) is 9.23 Å². The number of alkyl halides is 6. The largest absolute Gasteiger partial charge is 0.457 e. The smallest absolute Gasteiger partial charge is 0.396 e. The first kappa shape index (κ1) is 25.9. The zero-order valence-corrected chi connectivity index (χ0v) is 19.7. The first-order chi connectivity index (χ1) is 16.6. The number of rotatable bonds is 6. The molecule has 0 heterocycles. The molecule has 1 nitrogen and oxygen atoms in total. The Morgan fingerprint density at radius 2 is 0.829 bits per heavy atom. The number of hydrogen-bond acceptors (Lipinski definition) is 1. The highest BCUT2D eigenvalue weighted by Gasteiger charge is 2.46. The van der Waals surface area contributed by atoms with Crippen molar-refractivity contribution in [3.8, 4) is 11.5 Å². The van der Waals surface area contributed by atoms with Crippen LogP contribution in [-0.2, 0) is 0 Å². The molecule has 2 aromatic carbocycles. The van der Waals surface area contributed by atoms with E-state index in [-0.39, 0.29) is 11.1 Å². The van der Waals surface area contributed by atoms with Gasteiger partial charge in [-0.1, -0.05) is 62.8 Å². The maximum Gasteiger partial charge on any atom is 0.396 e. The van der Waals surface area contributed by atoms with Crippen molar-refractivity contribution >= 4 is 0 Å². The lowest BCUT2D eigenvalue weighted by atomic mass is 9.76. The fraction of sp³-hybridized carbons (Fsp3) is 0.571. The Bertz CT molecular complexity index is 842. The van der Waals surface area contributed by atoms with E-state index in [4.69, 9.17) is 4.74 Å². The van der Waals surface area contributed by atoms with Crippen molar-refractivity contribution in [2.24, 2.45) is 11.8 Å². The van der Waals surface area contributed by atoms with Gasteiger partial charge in [-0.3, -0.25) is 0 Å². The van der Waals surface area contributed by atoms with E-state index < -0.39 is 36.0 Å². The second-order valence-corrected chi connectivity index (χ2v) is 10.1. The van der Waals surface area contributed by atoms with Gasteiger partial charge in [0.05, 0.1) is 11.8 Å². The van der Waals surface area contributed by atoms with Crippen LogP contribution in [0.15, 0.2) is 48.5 Å². The van der Waals surface area contributed by atoms with Crippen molar-refractivity contribution in [3.05, 3.63) is 59.7 Å². The summed E-state index contributed by atoms with van der Waals surface area (Å²) in [5.74, 6) is -3.09. The van der Waals surface area contributed by atoms with E-state index >= 15 is 0 Å². The summed E-state index contributed by atoms with van der Waals surface area (Å²) in [6.45, 7) is 0. The number of hydrogen-bond donors (Lipinski definition) is 0. The summed E-state index contributed by atoms with van der Waals surface area (Å²) < 4.78 is 88.8. The van der Waals surface area contributed by atoms with Gasteiger partial charge in [0, 0.05) is 0 Å². The van der Waals surface area contributed by atoms with Crippen LogP contribution in [0.4, 0.5) is 26.3 Å². The summed E-state index contributed by atoms with van der Waals surface area (Å²) in [7, 11) is 0. The Balaban J connectivity index is 1.46. The lowest BCUT2D eigenvalue weighted by molar-refractivity contribution is -0.165. The summed E-state index contributed by atoms with van der Waals surface area (Å²) in [5, 5.41) is 0. The van der Waals surface area contributed by atoms with Crippen molar-refractivity contribution in [1.29, 1.82) is 0 Å².